The second-order valence-corrected chi connectivity index (χ2v) is 13.4. The number of piperidine rings is 1. The van der Waals surface area contributed by atoms with Crippen molar-refractivity contribution in [3.63, 3.8) is 0 Å². The smallest absolute Gasteiger partial charge is 0.244 e. The maximum absolute atomic E-state index is 15.0. The third-order valence-corrected chi connectivity index (χ3v) is 10.5. The minimum atomic E-state index is -0.450. The zero-order valence-corrected chi connectivity index (χ0v) is 26.3. The summed E-state index contributed by atoms with van der Waals surface area (Å²) >= 11 is 8.40. The highest BCUT2D eigenvalue weighted by atomic mass is 35.5. The van der Waals surface area contributed by atoms with Crippen molar-refractivity contribution in [3.8, 4) is 17.2 Å². The Hall–Kier alpha value is -3.76. The highest BCUT2D eigenvalue weighted by Gasteiger charge is 2.34. The summed E-state index contributed by atoms with van der Waals surface area (Å²) in [6, 6.07) is 5.10. The number of nitriles is 1. The van der Waals surface area contributed by atoms with Crippen LogP contribution in [0.15, 0.2) is 12.1 Å². The van der Waals surface area contributed by atoms with Crippen molar-refractivity contribution < 1.29 is 13.9 Å². The van der Waals surface area contributed by atoms with E-state index in [2.05, 4.69) is 35.3 Å². The van der Waals surface area contributed by atoms with Crippen molar-refractivity contribution in [1.29, 1.82) is 5.26 Å². The van der Waals surface area contributed by atoms with Crippen LogP contribution in [0.3, 0.4) is 0 Å². The Labute approximate surface area is 263 Å². The largest absolute Gasteiger partial charge is 0.389 e. The lowest BCUT2D eigenvalue weighted by molar-refractivity contribution is -0.132. The predicted octanol–water partition coefficient (Wildman–Crippen LogP) is 4.96. The van der Waals surface area contributed by atoms with Gasteiger partial charge in [0.05, 0.1) is 39.4 Å². The number of rotatable bonds is 5. The third kappa shape index (κ3) is 4.53. The summed E-state index contributed by atoms with van der Waals surface area (Å²) in [7, 11) is 5.95. The second kappa shape index (κ2) is 11.0. The summed E-state index contributed by atoms with van der Waals surface area (Å²) in [4.78, 5) is 29.3. The van der Waals surface area contributed by atoms with E-state index >= 15 is 4.39 Å². The number of hydrogen-bond acceptors (Lipinski definition) is 10. The topological polar surface area (TPSA) is 124 Å². The van der Waals surface area contributed by atoms with Gasteiger partial charge in [0.1, 0.15) is 28.7 Å². The van der Waals surface area contributed by atoms with Crippen LogP contribution >= 0.6 is 22.9 Å². The lowest BCUT2D eigenvalue weighted by Gasteiger charge is -2.31. The lowest BCUT2D eigenvalue weighted by atomic mass is 9.91. The maximum Gasteiger partial charge on any atom is 0.244 e. The number of likely N-dealkylation sites (tertiary alicyclic amines) is 1. The van der Waals surface area contributed by atoms with E-state index in [1.54, 1.807) is 11.0 Å². The van der Waals surface area contributed by atoms with Crippen molar-refractivity contribution in [2.75, 3.05) is 56.7 Å². The molecule has 1 amide bonds. The summed E-state index contributed by atoms with van der Waals surface area (Å²) < 4.78 is 21.3. The Bertz CT molecular complexity index is 1890. The summed E-state index contributed by atoms with van der Waals surface area (Å²) in [6.07, 6.45) is 2.53. The molecular formula is C31H32ClFN8O2S. The Kier molecular flexibility index (Phi) is 7.24. The van der Waals surface area contributed by atoms with E-state index in [1.807, 2.05) is 7.05 Å². The zero-order chi connectivity index (χ0) is 30.9. The molecule has 13 heteroatoms. The molecule has 2 fully saturated rings. The van der Waals surface area contributed by atoms with Crippen molar-refractivity contribution >= 4 is 66.6 Å². The number of likely N-dealkylation sites (N-methyl/N-ethyl adjacent to an activating group) is 2. The SMILES string of the molecule is CN1CCCC(Nc2nc(N3CCC(N(C)C)C3)nc3c(Cl)c(-c4ccc(F)c5sc(N)c(C#N)c45)c4c(c23)COC4)C1=O. The first-order chi connectivity index (χ1) is 21.2. The molecule has 3 aliphatic rings. The fraction of sp³-hybridized carbons (Fsp3) is 0.419. The van der Waals surface area contributed by atoms with E-state index in [4.69, 9.17) is 32.0 Å². The number of carbonyl (C=O) groups is 1. The number of fused-ring (bicyclic) bond motifs is 4. The van der Waals surface area contributed by atoms with E-state index in [9.17, 15) is 10.1 Å². The number of carbonyl (C=O) groups excluding carboxylic acids is 1. The molecule has 0 saturated carbocycles. The molecule has 2 atom stereocenters. The molecule has 5 heterocycles. The van der Waals surface area contributed by atoms with Crippen molar-refractivity contribution in [3.05, 3.63) is 39.7 Å². The van der Waals surface area contributed by atoms with Crippen molar-refractivity contribution in [1.82, 2.24) is 19.8 Å². The van der Waals surface area contributed by atoms with Gasteiger partial charge in [-0.25, -0.2) is 9.37 Å². The Morgan fingerprint density at radius 2 is 2.00 bits per heavy atom. The Morgan fingerprint density at radius 1 is 1.20 bits per heavy atom. The highest BCUT2D eigenvalue weighted by Crippen LogP contribution is 2.49. The van der Waals surface area contributed by atoms with Crippen LogP contribution in [0, 0.1) is 17.1 Å². The maximum atomic E-state index is 15.0. The van der Waals surface area contributed by atoms with Gasteiger partial charge >= 0.3 is 0 Å². The molecule has 3 N–H and O–H groups in total. The minimum Gasteiger partial charge on any atom is -0.389 e. The number of hydrogen-bond donors (Lipinski definition) is 2. The summed E-state index contributed by atoms with van der Waals surface area (Å²) in [6.45, 7) is 2.80. The third-order valence-electron chi connectivity index (χ3n) is 9.13. The lowest BCUT2D eigenvalue weighted by Crippen LogP contribution is -2.45. The quantitative estimate of drug-likeness (QED) is 0.313. The number of halogens is 2. The van der Waals surface area contributed by atoms with Gasteiger partial charge in [0.25, 0.3) is 0 Å². The standard InChI is InChI=1S/C31H32ClFN8O2S/c1-39(2)15-8-10-41(12-15)31-37-26-24(29(38-31)36-21-5-4-9-40(3)30(21)42)19-14-43-13-18(19)22(25(26)32)16-6-7-20(33)27-23(16)17(11-34)28(35)44-27/h6-7,15,21H,4-5,8-10,12-14,35H2,1-3H3,(H,36,37,38). The molecule has 0 spiro atoms. The van der Waals surface area contributed by atoms with E-state index in [1.165, 1.54) is 6.07 Å². The molecule has 4 aromatic rings. The number of anilines is 3. The highest BCUT2D eigenvalue weighted by molar-refractivity contribution is 7.23. The molecule has 0 bridgehead atoms. The molecule has 44 heavy (non-hydrogen) atoms. The summed E-state index contributed by atoms with van der Waals surface area (Å²) in [5.41, 5.74) is 9.84. The number of ether oxygens (including phenoxy) is 1. The van der Waals surface area contributed by atoms with E-state index < -0.39 is 11.9 Å². The molecule has 2 saturated heterocycles. The Balaban J connectivity index is 1.49. The number of aromatic nitrogens is 2. The van der Waals surface area contributed by atoms with Crippen LogP contribution in [-0.2, 0) is 22.7 Å². The molecule has 10 nitrogen and oxygen atoms in total. The number of nitrogen functional groups attached to an aromatic ring is 1. The molecule has 0 radical (unpaired) electrons. The normalized spacial score (nSPS) is 20.2. The van der Waals surface area contributed by atoms with E-state index in [-0.39, 0.29) is 23.1 Å². The van der Waals surface area contributed by atoms with Crippen LogP contribution in [0.2, 0.25) is 5.02 Å². The Morgan fingerprint density at radius 3 is 2.75 bits per heavy atom. The fourth-order valence-electron chi connectivity index (χ4n) is 6.73. The molecule has 0 aliphatic carbocycles. The van der Waals surface area contributed by atoms with Gasteiger partial charge in [-0.05, 0) is 56.1 Å². The van der Waals surface area contributed by atoms with E-state index in [0.717, 1.165) is 54.9 Å². The van der Waals surface area contributed by atoms with Crippen molar-refractivity contribution in [2.24, 2.45) is 0 Å². The van der Waals surface area contributed by atoms with Crippen LogP contribution < -0.4 is 16.0 Å². The van der Waals surface area contributed by atoms with Gasteiger partial charge in [-0.1, -0.05) is 17.7 Å². The van der Waals surface area contributed by atoms with Gasteiger partial charge < -0.3 is 30.5 Å². The first-order valence-electron chi connectivity index (χ1n) is 14.6. The molecule has 228 valence electrons. The number of nitrogens with zero attached hydrogens (tertiary/aromatic N) is 6. The van der Waals surface area contributed by atoms with E-state index in [0.29, 0.717) is 68.0 Å². The van der Waals surface area contributed by atoms with Crippen LogP contribution in [0.1, 0.15) is 36.0 Å². The van der Waals surface area contributed by atoms with Crippen LogP contribution in [0.5, 0.6) is 0 Å². The molecule has 7 rings (SSSR count). The van der Waals surface area contributed by atoms with Gasteiger partial charge in [0.15, 0.2) is 0 Å². The predicted molar refractivity (Wildman–Crippen MR) is 172 cm³/mol. The second-order valence-electron chi connectivity index (χ2n) is 11.9. The number of amides is 1. The number of nitrogens with two attached hydrogens (primary N) is 1. The van der Waals surface area contributed by atoms with Gasteiger partial charge in [0, 0.05) is 43.7 Å². The molecule has 2 aromatic heterocycles. The van der Waals surface area contributed by atoms with Crippen LogP contribution in [0.25, 0.3) is 32.1 Å². The van der Waals surface area contributed by atoms with Gasteiger partial charge in [0.2, 0.25) is 11.9 Å². The monoisotopic (exact) mass is 634 g/mol. The van der Waals surface area contributed by atoms with Gasteiger partial charge in [-0.2, -0.15) is 10.2 Å². The average Bonchev–Trinajstić information content (AvgIpc) is 3.75. The zero-order valence-electron chi connectivity index (χ0n) is 24.7. The molecule has 2 unspecified atom stereocenters. The first-order valence-corrected chi connectivity index (χ1v) is 15.8. The number of nitrogens with one attached hydrogen (secondary N) is 1. The first kappa shape index (κ1) is 29.0. The fourth-order valence-corrected chi connectivity index (χ4v) is 8.03. The minimum absolute atomic E-state index is 0.0156. The van der Waals surface area contributed by atoms with Gasteiger partial charge in [-0.15, -0.1) is 11.3 Å². The summed E-state index contributed by atoms with van der Waals surface area (Å²) in [5.74, 6) is 0.634. The van der Waals surface area contributed by atoms with Crippen LogP contribution in [0.4, 0.5) is 21.2 Å². The molecule has 3 aliphatic heterocycles. The van der Waals surface area contributed by atoms with Gasteiger partial charge in [-0.3, -0.25) is 4.79 Å². The number of thiophene rings is 1. The molecular weight excluding hydrogens is 603 g/mol. The molecule has 2 aromatic carbocycles. The van der Waals surface area contributed by atoms with Crippen LogP contribution in [-0.4, -0.2) is 78.5 Å². The number of benzene rings is 2. The average molecular weight is 635 g/mol. The van der Waals surface area contributed by atoms with Crippen molar-refractivity contribution in [2.45, 2.75) is 44.6 Å². The summed E-state index contributed by atoms with van der Waals surface area (Å²) in [5, 5.41) is 15.2.